The molecule has 1 atom stereocenters. The number of hydrogen-bond acceptors (Lipinski definition) is 9. The van der Waals surface area contributed by atoms with Gasteiger partial charge in [-0.05, 0) is 31.1 Å². The number of hydrogen-bond donors (Lipinski definition) is 2. The lowest BCUT2D eigenvalue weighted by atomic mass is 9.84. The Labute approximate surface area is 251 Å². The molecule has 3 fully saturated rings. The standard InChI is InChI=1S/C30H52N6O6/c1-24(2)22-42-29(38)33-28(36-14-17-40-18-15-36)32-26(21-25-7-5-4-6-8-25)27(37)34-30(23-31)9-11-35(12-10-30)13-16-41-20-19-39-3/h24-26H,4-22H2,1-3H3,(H,34,37)(H,32,33,38). The highest BCUT2D eigenvalue weighted by molar-refractivity contribution is 5.96. The quantitative estimate of drug-likeness (QED) is 0.188. The Balaban J connectivity index is 1.72. The van der Waals surface area contributed by atoms with Crippen molar-refractivity contribution in [2.75, 3.05) is 79.5 Å². The number of rotatable bonds is 13. The van der Waals surface area contributed by atoms with Gasteiger partial charge in [-0.25, -0.2) is 9.79 Å². The molecule has 1 aliphatic carbocycles. The van der Waals surface area contributed by atoms with E-state index < -0.39 is 17.7 Å². The summed E-state index contributed by atoms with van der Waals surface area (Å²) in [5.41, 5.74) is -0.951. The minimum absolute atomic E-state index is 0.195. The smallest absolute Gasteiger partial charge is 0.413 e. The van der Waals surface area contributed by atoms with E-state index in [1.807, 2.05) is 18.7 Å². The van der Waals surface area contributed by atoms with Crippen LogP contribution < -0.4 is 10.6 Å². The number of likely N-dealkylation sites (tertiary alicyclic amines) is 1. The third-order valence-electron chi connectivity index (χ3n) is 8.20. The van der Waals surface area contributed by atoms with E-state index in [-0.39, 0.29) is 18.4 Å². The van der Waals surface area contributed by atoms with Crippen molar-refractivity contribution in [2.45, 2.75) is 76.8 Å². The summed E-state index contributed by atoms with van der Waals surface area (Å²) >= 11 is 0. The third kappa shape index (κ3) is 11.7. The van der Waals surface area contributed by atoms with Crippen molar-refractivity contribution in [1.29, 1.82) is 5.26 Å². The van der Waals surface area contributed by atoms with Crippen LogP contribution in [0.1, 0.15) is 65.2 Å². The molecule has 2 heterocycles. The summed E-state index contributed by atoms with van der Waals surface area (Å²) in [6.45, 7) is 10.2. The van der Waals surface area contributed by atoms with E-state index in [9.17, 15) is 14.9 Å². The Morgan fingerprint density at radius 3 is 2.43 bits per heavy atom. The number of morpholine rings is 1. The van der Waals surface area contributed by atoms with Crippen LogP contribution in [0.15, 0.2) is 4.99 Å². The maximum Gasteiger partial charge on any atom is 0.413 e. The van der Waals surface area contributed by atoms with Crippen LogP contribution in [0.25, 0.3) is 0 Å². The van der Waals surface area contributed by atoms with E-state index in [0.29, 0.717) is 90.4 Å². The van der Waals surface area contributed by atoms with Gasteiger partial charge in [0.1, 0.15) is 11.6 Å². The topological polar surface area (TPSA) is 138 Å². The summed E-state index contributed by atoms with van der Waals surface area (Å²) in [6, 6.07) is 1.69. The summed E-state index contributed by atoms with van der Waals surface area (Å²) in [6.07, 6.45) is 6.67. The average molecular weight is 593 g/mol. The predicted octanol–water partition coefficient (Wildman–Crippen LogP) is 2.53. The third-order valence-corrected chi connectivity index (χ3v) is 8.20. The van der Waals surface area contributed by atoms with Crippen molar-refractivity contribution in [3.05, 3.63) is 0 Å². The van der Waals surface area contributed by atoms with Gasteiger partial charge < -0.3 is 34.1 Å². The van der Waals surface area contributed by atoms with Gasteiger partial charge in [0.05, 0.1) is 45.7 Å². The van der Waals surface area contributed by atoms with Gasteiger partial charge in [-0.15, -0.1) is 0 Å². The highest BCUT2D eigenvalue weighted by Crippen LogP contribution is 2.29. The molecule has 3 aliphatic rings. The van der Waals surface area contributed by atoms with E-state index >= 15 is 0 Å². The molecule has 2 N–H and O–H groups in total. The molecule has 2 amide bonds. The van der Waals surface area contributed by atoms with Gasteiger partial charge in [0.25, 0.3) is 0 Å². The summed E-state index contributed by atoms with van der Waals surface area (Å²) in [5, 5.41) is 16.1. The zero-order valence-corrected chi connectivity index (χ0v) is 25.9. The summed E-state index contributed by atoms with van der Waals surface area (Å²) in [4.78, 5) is 35.7. The van der Waals surface area contributed by atoms with Gasteiger partial charge in [-0.2, -0.15) is 5.26 Å². The van der Waals surface area contributed by atoms with Crippen LogP contribution in [-0.4, -0.2) is 119 Å². The van der Waals surface area contributed by atoms with E-state index in [1.54, 1.807) is 7.11 Å². The first-order chi connectivity index (χ1) is 20.3. The number of nitrogens with zero attached hydrogens (tertiary/aromatic N) is 4. The van der Waals surface area contributed by atoms with Crippen LogP contribution in [-0.2, 0) is 23.7 Å². The average Bonchev–Trinajstić information content (AvgIpc) is 3.01. The van der Waals surface area contributed by atoms with Crippen LogP contribution in [0.3, 0.4) is 0 Å². The minimum atomic E-state index is -0.951. The fraction of sp³-hybridized carbons (Fsp3) is 0.867. The number of methoxy groups -OCH3 is 1. The molecule has 12 nitrogen and oxygen atoms in total. The second kappa shape index (κ2) is 18.3. The Bertz CT molecular complexity index is 889. The maximum atomic E-state index is 13.9. The molecule has 238 valence electrons. The molecule has 2 aliphatic heterocycles. The molecule has 0 aromatic heterocycles. The largest absolute Gasteiger partial charge is 0.449 e. The van der Waals surface area contributed by atoms with Gasteiger partial charge in [0.15, 0.2) is 0 Å². The molecule has 0 radical (unpaired) electrons. The molecule has 1 unspecified atom stereocenters. The first-order valence-corrected chi connectivity index (χ1v) is 15.7. The number of alkyl carbamates (subject to hydrolysis) is 1. The number of carbonyl (C=O) groups excluding carboxylic acids is 2. The van der Waals surface area contributed by atoms with Crippen LogP contribution in [0.5, 0.6) is 0 Å². The molecule has 3 rings (SSSR count). The summed E-state index contributed by atoms with van der Waals surface area (Å²) < 4.78 is 21.5. The zero-order chi connectivity index (χ0) is 30.2. The number of nitriles is 1. The van der Waals surface area contributed by atoms with E-state index in [4.69, 9.17) is 23.9 Å². The van der Waals surface area contributed by atoms with E-state index in [2.05, 4.69) is 21.6 Å². The second-order valence-corrected chi connectivity index (χ2v) is 12.1. The maximum absolute atomic E-state index is 13.9. The van der Waals surface area contributed by atoms with Crippen LogP contribution in [0.4, 0.5) is 4.79 Å². The number of guanidine groups is 1. The summed E-state index contributed by atoms with van der Waals surface area (Å²) in [5.74, 6) is 0.634. The van der Waals surface area contributed by atoms with Gasteiger partial charge in [0.2, 0.25) is 11.9 Å². The van der Waals surface area contributed by atoms with E-state index in [1.165, 1.54) is 6.42 Å². The number of carbonyl (C=O) groups is 2. The molecule has 12 heteroatoms. The molecule has 42 heavy (non-hydrogen) atoms. The molecule has 0 aromatic rings. The predicted molar refractivity (Wildman–Crippen MR) is 159 cm³/mol. The van der Waals surface area contributed by atoms with Crippen LogP contribution >= 0.6 is 0 Å². The molecule has 1 saturated carbocycles. The van der Waals surface area contributed by atoms with Crippen molar-refractivity contribution >= 4 is 18.0 Å². The number of ether oxygens (including phenoxy) is 4. The fourth-order valence-electron chi connectivity index (χ4n) is 5.62. The molecule has 0 spiro atoms. The molecular formula is C30H52N6O6. The first-order valence-electron chi connectivity index (χ1n) is 15.7. The highest BCUT2D eigenvalue weighted by Gasteiger charge is 2.38. The lowest BCUT2D eigenvalue weighted by Crippen LogP contribution is -2.57. The zero-order valence-electron chi connectivity index (χ0n) is 25.9. The van der Waals surface area contributed by atoms with Crippen molar-refractivity contribution in [2.24, 2.45) is 16.8 Å². The second-order valence-electron chi connectivity index (χ2n) is 12.1. The molecule has 0 bridgehead atoms. The Hall–Kier alpha value is -2.46. The SMILES string of the molecule is COCCOCCN1CCC(C#N)(NC(=O)C(CC2CCCCC2)N=C(NC(=O)OCC(C)C)N2CCOCC2)CC1. The van der Waals surface area contributed by atoms with Crippen LogP contribution in [0.2, 0.25) is 0 Å². The number of aliphatic imine (C=N–C) groups is 1. The van der Waals surface area contributed by atoms with Gasteiger partial charge in [-0.1, -0.05) is 46.0 Å². The number of amides is 2. The minimum Gasteiger partial charge on any atom is -0.449 e. The molecule has 2 saturated heterocycles. The Morgan fingerprint density at radius 1 is 1.07 bits per heavy atom. The Morgan fingerprint density at radius 2 is 1.79 bits per heavy atom. The lowest BCUT2D eigenvalue weighted by Gasteiger charge is -2.38. The fourth-order valence-corrected chi connectivity index (χ4v) is 5.62. The van der Waals surface area contributed by atoms with Crippen molar-refractivity contribution in [1.82, 2.24) is 20.4 Å². The monoisotopic (exact) mass is 592 g/mol. The van der Waals surface area contributed by atoms with Crippen molar-refractivity contribution in [3.63, 3.8) is 0 Å². The number of piperidine rings is 1. The summed E-state index contributed by atoms with van der Waals surface area (Å²) in [7, 11) is 1.65. The lowest BCUT2D eigenvalue weighted by molar-refractivity contribution is -0.124. The Kier molecular flexibility index (Phi) is 14.8. The molecular weight excluding hydrogens is 540 g/mol. The molecule has 0 aromatic carbocycles. The van der Waals surface area contributed by atoms with Crippen molar-refractivity contribution < 1.29 is 28.5 Å². The normalized spacial score (nSPS) is 21.0. The van der Waals surface area contributed by atoms with Crippen LogP contribution in [0, 0.1) is 23.2 Å². The number of nitrogens with one attached hydrogen (secondary N) is 2. The van der Waals surface area contributed by atoms with Gasteiger partial charge >= 0.3 is 6.09 Å². The van der Waals surface area contributed by atoms with Gasteiger partial charge in [0, 0.05) is 39.8 Å². The van der Waals surface area contributed by atoms with Gasteiger partial charge in [-0.3, -0.25) is 10.1 Å². The van der Waals surface area contributed by atoms with E-state index in [0.717, 1.165) is 32.2 Å². The first kappa shape index (κ1) is 34.0. The highest BCUT2D eigenvalue weighted by atomic mass is 16.5. The van der Waals surface area contributed by atoms with Crippen molar-refractivity contribution in [3.8, 4) is 6.07 Å².